The lowest BCUT2D eigenvalue weighted by Crippen LogP contribution is -2.26. The zero-order chi connectivity index (χ0) is 13.2. The molecule has 0 unspecified atom stereocenters. The van der Waals surface area contributed by atoms with Crippen LogP contribution in [0.5, 0.6) is 0 Å². The molecule has 0 bridgehead atoms. The molecule has 0 saturated carbocycles. The Morgan fingerprint density at radius 3 is 3.00 bits per heavy atom. The largest absolute Gasteiger partial charge is 0.330 e. The number of nitrogens with one attached hydrogen (secondary N) is 1. The molecule has 0 radical (unpaired) electrons. The van der Waals surface area contributed by atoms with E-state index in [1.54, 1.807) is 11.6 Å². The molecule has 9 heteroatoms. The Bertz CT molecular complexity index is 634. The first-order valence-electron chi connectivity index (χ1n) is 5.37. The van der Waals surface area contributed by atoms with Gasteiger partial charge in [0, 0.05) is 18.1 Å². The van der Waals surface area contributed by atoms with Gasteiger partial charge in [-0.15, -0.1) is 11.3 Å². The van der Waals surface area contributed by atoms with Crippen LogP contribution >= 0.6 is 22.9 Å². The smallest absolute Gasteiger partial charge is 0.259 e. The van der Waals surface area contributed by atoms with Crippen molar-refractivity contribution in [3.8, 4) is 0 Å². The fourth-order valence-electron chi connectivity index (χ4n) is 1.52. The van der Waals surface area contributed by atoms with Crippen LogP contribution in [0.2, 0.25) is 5.15 Å². The van der Waals surface area contributed by atoms with Crippen molar-refractivity contribution in [3.05, 3.63) is 16.7 Å². The second-order valence-corrected chi connectivity index (χ2v) is 6.57. The van der Waals surface area contributed by atoms with Crippen molar-refractivity contribution in [2.24, 2.45) is 5.73 Å². The summed E-state index contributed by atoms with van der Waals surface area (Å²) in [6, 6.07) is 0. The summed E-state index contributed by atoms with van der Waals surface area (Å²) in [6.45, 7) is 0.886. The first-order valence-corrected chi connectivity index (χ1v) is 8.11. The van der Waals surface area contributed by atoms with Crippen molar-refractivity contribution in [1.82, 2.24) is 14.1 Å². The maximum absolute atomic E-state index is 12.1. The molecule has 0 amide bonds. The van der Waals surface area contributed by atoms with E-state index < -0.39 is 10.0 Å². The molecular weight excluding hydrogens is 296 g/mol. The number of aromatic nitrogens is 2. The minimum atomic E-state index is -3.64. The van der Waals surface area contributed by atoms with E-state index in [9.17, 15) is 8.42 Å². The summed E-state index contributed by atoms with van der Waals surface area (Å²) in [5.41, 5.74) is 5.35. The fourth-order valence-corrected chi connectivity index (χ4v) is 4.04. The Morgan fingerprint density at radius 2 is 2.28 bits per heavy atom. The number of thiazole rings is 1. The molecule has 2 aromatic heterocycles. The molecule has 18 heavy (non-hydrogen) atoms. The molecule has 0 fully saturated rings. The summed E-state index contributed by atoms with van der Waals surface area (Å²) >= 11 is 7.20. The summed E-state index contributed by atoms with van der Waals surface area (Å²) in [4.78, 5) is 4.55. The molecule has 0 aliphatic rings. The van der Waals surface area contributed by atoms with Crippen molar-refractivity contribution in [2.75, 3.05) is 13.1 Å². The lowest BCUT2D eigenvalue weighted by atomic mass is 10.3. The Kier molecular flexibility index (Phi) is 4.23. The van der Waals surface area contributed by atoms with Crippen molar-refractivity contribution < 1.29 is 8.42 Å². The van der Waals surface area contributed by atoms with Crippen LogP contribution in [0.3, 0.4) is 0 Å². The molecule has 2 aromatic rings. The van der Waals surface area contributed by atoms with Crippen LogP contribution in [-0.4, -0.2) is 30.9 Å². The van der Waals surface area contributed by atoms with Gasteiger partial charge < -0.3 is 5.73 Å². The Balaban J connectivity index is 2.23. The van der Waals surface area contributed by atoms with Gasteiger partial charge in [-0.3, -0.25) is 4.40 Å². The molecule has 0 aliphatic heterocycles. The molecule has 0 atom stereocenters. The topological polar surface area (TPSA) is 89.5 Å². The summed E-state index contributed by atoms with van der Waals surface area (Å²) in [5, 5.41) is 1.74. The van der Waals surface area contributed by atoms with Crippen LogP contribution in [0.25, 0.3) is 4.96 Å². The van der Waals surface area contributed by atoms with E-state index in [4.69, 9.17) is 17.3 Å². The van der Waals surface area contributed by atoms with E-state index in [2.05, 4.69) is 9.71 Å². The number of nitrogens with two attached hydrogens (primary N) is 1. The zero-order valence-electron chi connectivity index (χ0n) is 9.47. The number of sulfonamides is 1. The highest BCUT2D eigenvalue weighted by Crippen LogP contribution is 2.25. The number of halogens is 1. The average Bonchev–Trinajstić information content (AvgIpc) is 2.83. The number of hydrogen-bond acceptors (Lipinski definition) is 5. The van der Waals surface area contributed by atoms with Crippen molar-refractivity contribution in [2.45, 2.75) is 17.9 Å². The van der Waals surface area contributed by atoms with E-state index >= 15 is 0 Å². The predicted octanol–water partition coefficient (Wildman–Crippen LogP) is 1.07. The first-order chi connectivity index (χ1) is 8.56. The number of fused-ring (bicyclic) bond motifs is 1. The zero-order valence-corrected chi connectivity index (χ0v) is 11.9. The van der Waals surface area contributed by atoms with Crippen LogP contribution in [0.15, 0.2) is 16.6 Å². The minimum absolute atomic E-state index is 0.00632. The van der Waals surface area contributed by atoms with E-state index in [0.29, 0.717) is 24.5 Å². The van der Waals surface area contributed by atoms with Crippen LogP contribution in [-0.2, 0) is 10.0 Å². The third kappa shape index (κ3) is 2.67. The van der Waals surface area contributed by atoms with Crippen LogP contribution in [0.4, 0.5) is 0 Å². The van der Waals surface area contributed by atoms with Crippen LogP contribution in [0.1, 0.15) is 12.8 Å². The number of unbranched alkanes of at least 4 members (excludes halogenated alkanes) is 1. The molecule has 6 nitrogen and oxygen atoms in total. The van der Waals surface area contributed by atoms with Gasteiger partial charge in [-0.2, -0.15) is 0 Å². The Morgan fingerprint density at radius 1 is 1.50 bits per heavy atom. The third-order valence-electron chi connectivity index (χ3n) is 2.36. The highest BCUT2D eigenvalue weighted by molar-refractivity contribution is 7.89. The maximum Gasteiger partial charge on any atom is 0.259 e. The quantitative estimate of drug-likeness (QED) is 0.781. The molecule has 3 N–H and O–H groups in total. The van der Waals surface area contributed by atoms with Crippen molar-refractivity contribution >= 4 is 37.9 Å². The lowest BCUT2D eigenvalue weighted by Gasteiger charge is -2.05. The summed E-state index contributed by atoms with van der Waals surface area (Å²) in [7, 11) is -3.64. The summed E-state index contributed by atoms with van der Waals surface area (Å²) in [6.07, 6.45) is 3.10. The molecule has 0 spiro atoms. The molecule has 2 rings (SSSR count). The average molecular weight is 309 g/mol. The van der Waals surface area contributed by atoms with Gasteiger partial charge in [0.2, 0.25) is 0 Å². The van der Waals surface area contributed by atoms with E-state index in [1.807, 2.05) is 0 Å². The Labute approximate surface area is 114 Å². The Hall–Kier alpha value is -0.670. The van der Waals surface area contributed by atoms with E-state index in [0.717, 1.165) is 6.42 Å². The molecule has 100 valence electrons. The second kappa shape index (κ2) is 5.54. The van der Waals surface area contributed by atoms with Crippen molar-refractivity contribution in [1.29, 1.82) is 0 Å². The van der Waals surface area contributed by atoms with Gasteiger partial charge in [0.1, 0.15) is 0 Å². The van der Waals surface area contributed by atoms with Gasteiger partial charge in [-0.25, -0.2) is 18.1 Å². The third-order valence-corrected chi connectivity index (χ3v) is 4.97. The molecule has 2 heterocycles. The van der Waals surface area contributed by atoms with E-state index in [1.165, 1.54) is 15.7 Å². The van der Waals surface area contributed by atoms with Gasteiger partial charge in [0.25, 0.3) is 10.0 Å². The number of imidazole rings is 1. The standard InChI is InChI=1S/C9H13ClN4O2S2/c10-7-8(14-5-6-17-9(14)13-7)18(15,16)12-4-2-1-3-11/h5-6,12H,1-4,11H2. The number of hydrogen-bond donors (Lipinski definition) is 2. The molecule has 0 aromatic carbocycles. The van der Waals surface area contributed by atoms with Crippen LogP contribution in [0, 0.1) is 0 Å². The van der Waals surface area contributed by atoms with Crippen molar-refractivity contribution in [3.63, 3.8) is 0 Å². The highest BCUT2D eigenvalue weighted by atomic mass is 35.5. The first kappa shape index (κ1) is 13.8. The lowest BCUT2D eigenvalue weighted by molar-refractivity contribution is 0.572. The predicted molar refractivity (Wildman–Crippen MR) is 71.6 cm³/mol. The van der Waals surface area contributed by atoms with Gasteiger partial charge in [0.05, 0.1) is 0 Å². The molecular formula is C9H13ClN4O2S2. The number of nitrogens with zero attached hydrogens (tertiary/aromatic N) is 2. The van der Waals surface area contributed by atoms with Gasteiger partial charge in [-0.05, 0) is 19.4 Å². The van der Waals surface area contributed by atoms with E-state index in [-0.39, 0.29) is 10.2 Å². The van der Waals surface area contributed by atoms with Gasteiger partial charge >= 0.3 is 0 Å². The van der Waals surface area contributed by atoms with Crippen LogP contribution < -0.4 is 10.5 Å². The van der Waals surface area contributed by atoms with Gasteiger partial charge in [0.15, 0.2) is 15.1 Å². The second-order valence-electron chi connectivity index (χ2n) is 3.66. The molecule has 0 aliphatic carbocycles. The fraction of sp³-hybridized carbons (Fsp3) is 0.444. The maximum atomic E-state index is 12.1. The highest BCUT2D eigenvalue weighted by Gasteiger charge is 2.24. The summed E-state index contributed by atoms with van der Waals surface area (Å²) < 4.78 is 28.2. The van der Waals surface area contributed by atoms with Gasteiger partial charge in [-0.1, -0.05) is 11.6 Å². The minimum Gasteiger partial charge on any atom is -0.330 e. The molecule has 0 saturated heterocycles. The normalized spacial score (nSPS) is 12.3. The SMILES string of the molecule is NCCCCNS(=O)(=O)c1c(Cl)nc2sccn12. The number of rotatable bonds is 6. The summed E-state index contributed by atoms with van der Waals surface area (Å²) in [5.74, 6) is 0. The monoisotopic (exact) mass is 308 g/mol.